The standard InChI is InChI=1S/C38H51N3O7/c1-38(2,3)48-37(44)40(5)20-19-39(4)33(42)18-13-25-23-41-31-21-27(36(43)46-7)14-16-29(31)34(26-11-9-8-10-12-26)35(41)30-17-15-28(45-6)22-32(30)47-24-25/h14-17,21-22,25-26H,8-13,18-20,23-24H2,1-7H3. The van der Waals surface area contributed by atoms with Crippen LogP contribution in [-0.2, 0) is 20.8 Å². The summed E-state index contributed by atoms with van der Waals surface area (Å²) in [7, 11) is 6.51. The van der Waals surface area contributed by atoms with Crippen molar-refractivity contribution >= 4 is 28.9 Å². The second-order valence-electron chi connectivity index (χ2n) is 14.2. The third-order valence-electron chi connectivity index (χ3n) is 9.57. The molecular formula is C38H51N3O7. The van der Waals surface area contributed by atoms with Crippen LogP contribution in [0.2, 0.25) is 0 Å². The van der Waals surface area contributed by atoms with Gasteiger partial charge < -0.3 is 33.3 Å². The SMILES string of the molecule is COC(=O)c1ccc2c(C3CCCCC3)c3n(c2c1)CC(CCC(=O)N(C)CCN(C)C(=O)OC(C)(C)C)COc1cc(OC)ccc1-3. The molecule has 5 rings (SSSR count). The molecule has 2 amide bonds. The number of rotatable bonds is 9. The molecule has 0 spiro atoms. The number of carbonyl (C=O) groups excluding carboxylic acids is 3. The highest BCUT2D eigenvalue weighted by Crippen LogP contribution is 2.48. The Balaban J connectivity index is 1.45. The van der Waals surface area contributed by atoms with Crippen LogP contribution in [0.5, 0.6) is 11.5 Å². The first-order chi connectivity index (χ1) is 22.9. The van der Waals surface area contributed by atoms with E-state index in [1.807, 2.05) is 45.0 Å². The molecule has 0 bridgehead atoms. The Morgan fingerprint density at radius 3 is 2.38 bits per heavy atom. The summed E-state index contributed by atoms with van der Waals surface area (Å²) in [5, 5.41) is 1.15. The molecule has 0 N–H and O–H groups in total. The van der Waals surface area contributed by atoms with E-state index in [0.29, 0.717) is 56.3 Å². The van der Waals surface area contributed by atoms with Gasteiger partial charge in [-0.2, -0.15) is 0 Å². The molecule has 10 heteroatoms. The molecule has 48 heavy (non-hydrogen) atoms. The number of nitrogens with zero attached hydrogens (tertiary/aromatic N) is 3. The average Bonchev–Trinajstić information content (AvgIpc) is 3.38. The highest BCUT2D eigenvalue weighted by atomic mass is 16.6. The molecule has 1 aliphatic heterocycles. The van der Waals surface area contributed by atoms with Crippen LogP contribution < -0.4 is 9.47 Å². The van der Waals surface area contributed by atoms with Gasteiger partial charge in [-0.1, -0.05) is 25.3 Å². The Labute approximate surface area is 284 Å². The van der Waals surface area contributed by atoms with Gasteiger partial charge in [0.15, 0.2) is 0 Å². The lowest BCUT2D eigenvalue weighted by molar-refractivity contribution is -0.130. The smallest absolute Gasteiger partial charge is 0.410 e. The Kier molecular flexibility index (Phi) is 10.9. The summed E-state index contributed by atoms with van der Waals surface area (Å²) in [6.07, 6.45) is 6.39. The molecule has 1 fully saturated rings. The minimum atomic E-state index is -0.582. The summed E-state index contributed by atoms with van der Waals surface area (Å²) in [6, 6.07) is 11.9. The van der Waals surface area contributed by atoms with Crippen LogP contribution in [0.25, 0.3) is 22.2 Å². The predicted molar refractivity (Wildman–Crippen MR) is 186 cm³/mol. The van der Waals surface area contributed by atoms with Gasteiger partial charge in [0.2, 0.25) is 5.91 Å². The monoisotopic (exact) mass is 661 g/mol. The van der Waals surface area contributed by atoms with E-state index < -0.39 is 11.7 Å². The topological polar surface area (TPSA) is 99.5 Å². The van der Waals surface area contributed by atoms with Gasteiger partial charge in [-0.3, -0.25) is 4.79 Å². The van der Waals surface area contributed by atoms with E-state index in [9.17, 15) is 14.4 Å². The van der Waals surface area contributed by atoms with Gasteiger partial charge >= 0.3 is 12.1 Å². The fourth-order valence-electron chi connectivity index (χ4n) is 6.92. The number of ether oxygens (including phenoxy) is 4. The van der Waals surface area contributed by atoms with Crippen molar-refractivity contribution in [3.8, 4) is 22.8 Å². The number of carbonyl (C=O) groups is 3. The third-order valence-corrected chi connectivity index (χ3v) is 9.57. The lowest BCUT2D eigenvalue weighted by Gasteiger charge is -2.29. The molecule has 2 aliphatic rings. The predicted octanol–water partition coefficient (Wildman–Crippen LogP) is 7.27. The normalized spacial score (nSPS) is 16.5. The zero-order valence-electron chi connectivity index (χ0n) is 29.6. The summed E-state index contributed by atoms with van der Waals surface area (Å²) in [4.78, 5) is 41.6. The van der Waals surface area contributed by atoms with Gasteiger partial charge in [0.1, 0.15) is 17.1 Å². The molecule has 1 saturated carbocycles. The van der Waals surface area contributed by atoms with Gasteiger partial charge in [-0.25, -0.2) is 9.59 Å². The third kappa shape index (κ3) is 7.90. The molecule has 0 saturated heterocycles. The second-order valence-corrected chi connectivity index (χ2v) is 14.2. The van der Waals surface area contributed by atoms with Crippen LogP contribution in [0.1, 0.15) is 87.6 Å². The maximum Gasteiger partial charge on any atom is 0.410 e. The van der Waals surface area contributed by atoms with Crippen LogP contribution >= 0.6 is 0 Å². The number of esters is 1. The molecule has 2 heterocycles. The highest BCUT2D eigenvalue weighted by Gasteiger charge is 2.31. The highest BCUT2D eigenvalue weighted by molar-refractivity contribution is 5.99. The number of hydrogen-bond donors (Lipinski definition) is 0. The first-order valence-corrected chi connectivity index (χ1v) is 17.1. The molecule has 1 aromatic heterocycles. The van der Waals surface area contributed by atoms with Gasteiger partial charge in [-0.05, 0) is 75.8 Å². The first-order valence-electron chi connectivity index (χ1n) is 17.1. The second kappa shape index (κ2) is 14.9. The molecular weight excluding hydrogens is 610 g/mol. The number of methoxy groups -OCH3 is 2. The van der Waals surface area contributed by atoms with Crippen molar-refractivity contribution in [2.24, 2.45) is 5.92 Å². The van der Waals surface area contributed by atoms with Crippen molar-refractivity contribution in [1.82, 2.24) is 14.4 Å². The summed E-state index contributed by atoms with van der Waals surface area (Å²) >= 11 is 0. The van der Waals surface area contributed by atoms with Gasteiger partial charge in [-0.15, -0.1) is 0 Å². The Morgan fingerprint density at radius 2 is 1.69 bits per heavy atom. The Morgan fingerprint density at radius 1 is 0.958 bits per heavy atom. The minimum Gasteiger partial charge on any atom is -0.497 e. The largest absolute Gasteiger partial charge is 0.497 e. The average molecular weight is 662 g/mol. The number of likely N-dealkylation sites (N-methyl/N-ethyl adjacent to an activating group) is 2. The minimum absolute atomic E-state index is 0.00479. The van der Waals surface area contributed by atoms with Crippen LogP contribution in [0.15, 0.2) is 36.4 Å². The lowest BCUT2D eigenvalue weighted by atomic mass is 9.81. The fourth-order valence-corrected chi connectivity index (χ4v) is 6.92. The van der Waals surface area contributed by atoms with E-state index >= 15 is 0 Å². The van der Waals surface area contributed by atoms with Crippen molar-refractivity contribution in [3.63, 3.8) is 0 Å². The number of aromatic nitrogens is 1. The van der Waals surface area contributed by atoms with E-state index in [4.69, 9.17) is 18.9 Å². The molecule has 0 radical (unpaired) electrons. The summed E-state index contributed by atoms with van der Waals surface area (Å²) < 4.78 is 25.0. The maximum absolute atomic E-state index is 13.3. The number of hydrogen-bond acceptors (Lipinski definition) is 7. The molecule has 2 aromatic carbocycles. The van der Waals surface area contributed by atoms with E-state index in [1.54, 1.807) is 26.1 Å². The van der Waals surface area contributed by atoms with Crippen LogP contribution in [0.4, 0.5) is 4.79 Å². The maximum atomic E-state index is 13.3. The zero-order chi connectivity index (χ0) is 34.6. The number of benzene rings is 2. The van der Waals surface area contributed by atoms with Gasteiger partial charge in [0.25, 0.3) is 0 Å². The summed E-state index contributed by atoms with van der Waals surface area (Å²) in [6.45, 7) is 7.31. The quantitative estimate of drug-likeness (QED) is 0.223. The fraction of sp³-hybridized carbons (Fsp3) is 0.553. The van der Waals surface area contributed by atoms with Crippen molar-refractivity contribution in [2.45, 2.75) is 83.8 Å². The molecule has 3 aromatic rings. The van der Waals surface area contributed by atoms with E-state index in [1.165, 1.54) is 36.8 Å². The first kappa shape index (κ1) is 35.1. The molecule has 10 nitrogen and oxygen atoms in total. The van der Waals surface area contributed by atoms with Crippen LogP contribution in [0, 0.1) is 5.92 Å². The lowest BCUT2D eigenvalue weighted by Crippen LogP contribution is -2.40. The van der Waals surface area contributed by atoms with Crippen molar-refractivity contribution in [3.05, 3.63) is 47.5 Å². The Bertz CT molecular complexity index is 1630. The summed E-state index contributed by atoms with van der Waals surface area (Å²) in [5.74, 6) is 1.51. The summed E-state index contributed by atoms with van der Waals surface area (Å²) in [5.41, 5.74) is 4.36. The van der Waals surface area contributed by atoms with Gasteiger partial charge in [0.05, 0.1) is 32.1 Å². The van der Waals surface area contributed by atoms with E-state index in [-0.39, 0.29) is 17.8 Å². The zero-order valence-corrected chi connectivity index (χ0v) is 29.6. The molecule has 1 atom stereocenters. The van der Waals surface area contributed by atoms with Gasteiger partial charge in [0, 0.05) is 68.6 Å². The molecule has 1 aliphatic carbocycles. The van der Waals surface area contributed by atoms with E-state index in [2.05, 4.69) is 16.7 Å². The van der Waals surface area contributed by atoms with Crippen LogP contribution in [-0.4, -0.2) is 85.9 Å². The van der Waals surface area contributed by atoms with Crippen molar-refractivity contribution in [2.75, 3.05) is 48.0 Å². The van der Waals surface area contributed by atoms with E-state index in [0.717, 1.165) is 40.8 Å². The molecule has 260 valence electrons. The molecule has 1 unspecified atom stereocenters. The van der Waals surface area contributed by atoms with Crippen molar-refractivity contribution < 1.29 is 33.3 Å². The number of fused-ring (bicyclic) bond motifs is 5. The van der Waals surface area contributed by atoms with Crippen LogP contribution in [0.3, 0.4) is 0 Å². The number of amides is 2. The Hall–Kier alpha value is -4.21. The van der Waals surface area contributed by atoms with Crippen molar-refractivity contribution in [1.29, 1.82) is 0 Å².